The Morgan fingerprint density at radius 3 is 2.43 bits per heavy atom. The fourth-order valence-corrected chi connectivity index (χ4v) is 2.37. The molecule has 0 bridgehead atoms. The van der Waals surface area contributed by atoms with Crippen LogP contribution in [0.3, 0.4) is 0 Å². The first-order valence-electron chi connectivity index (χ1n) is 8.37. The van der Waals surface area contributed by atoms with Gasteiger partial charge >= 0.3 is 5.97 Å². The number of carbonyl (C=O) groups excluding carboxylic acids is 1. The predicted octanol–water partition coefficient (Wildman–Crippen LogP) is 2.24. The normalized spacial score (nSPS) is 10.3. The van der Waals surface area contributed by atoms with Crippen molar-refractivity contribution in [2.24, 2.45) is 0 Å². The highest BCUT2D eigenvalue weighted by Crippen LogP contribution is 2.23. The SMILES string of the molecule is O=C(O)CNC(=O)c1nc(-c2cccc(OCc3ccccc3)n2)ccc1O. The summed E-state index contributed by atoms with van der Waals surface area (Å²) >= 11 is 0. The number of aromatic nitrogens is 2. The van der Waals surface area contributed by atoms with E-state index >= 15 is 0 Å². The topological polar surface area (TPSA) is 122 Å². The molecule has 8 nitrogen and oxygen atoms in total. The molecule has 8 heteroatoms. The van der Waals surface area contributed by atoms with Crippen molar-refractivity contribution in [2.45, 2.75) is 6.61 Å². The summed E-state index contributed by atoms with van der Waals surface area (Å²) in [7, 11) is 0. The third-order valence-electron chi connectivity index (χ3n) is 3.70. The van der Waals surface area contributed by atoms with E-state index in [0.717, 1.165) is 5.56 Å². The van der Waals surface area contributed by atoms with Crippen LogP contribution in [0.25, 0.3) is 11.4 Å². The molecule has 0 saturated heterocycles. The van der Waals surface area contributed by atoms with Crippen molar-refractivity contribution in [1.29, 1.82) is 0 Å². The third-order valence-corrected chi connectivity index (χ3v) is 3.70. The first-order valence-corrected chi connectivity index (χ1v) is 8.37. The molecule has 142 valence electrons. The summed E-state index contributed by atoms with van der Waals surface area (Å²) in [5, 5.41) is 20.7. The van der Waals surface area contributed by atoms with Crippen LogP contribution in [0.4, 0.5) is 0 Å². The second-order valence-electron chi connectivity index (χ2n) is 5.78. The van der Waals surface area contributed by atoms with E-state index in [4.69, 9.17) is 9.84 Å². The summed E-state index contributed by atoms with van der Waals surface area (Å²) in [6.07, 6.45) is 0. The smallest absolute Gasteiger partial charge is 0.322 e. The van der Waals surface area contributed by atoms with Crippen molar-refractivity contribution >= 4 is 11.9 Å². The Hall–Kier alpha value is -3.94. The number of aromatic hydroxyl groups is 1. The largest absolute Gasteiger partial charge is 0.505 e. The number of amides is 1. The van der Waals surface area contributed by atoms with E-state index in [9.17, 15) is 14.7 Å². The van der Waals surface area contributed by atoms with Crippen LogP contribution < -0.4 is 10.1 Å². The quantitative estimate of drug-likeness (QED) is 0.575. The number of benzene rings is 1. The van der Waals surface area contributed by atoms with Crippen LogP contribution >= 0.6 is 0 Å². The minimum absolute atomic E-state index is 0.281. The average molecular weight is 379 g/mol. The van der Waals surface area contributed by atoms with Gasteiger partial charge in [-0.2, -0.15) is 0 Å². The maximum Gasteiger partial charge on any atom is 0.322 e. The van der Waals surface area contributed by atoms with E-state index in [-0.39, 0.29) is 11.4 Å². The van der Waals surface area contributed by atoms with Gasteiger partial charge in [0.05, 0.1) is 11.4 Å². The molecule has 1 aromatic carbocycles. The van der Waals surface area contributed by atoms with Gasteiger partial charge in [-0.05, 0) is 23.8 Å². The van der Waals surface area contributed by atoms with Crippen LogP contribution in [-0.4, -0.2) is 38.6 Å². The Morgan fingerprint density at radius 1 is 0.929 bits per heavy atom. The van der Waals surface area contributed by atoms with E-state index in [1.54, 1.807) is 18.2 Å². The summed E-state index contributed by atoms with van der Waals surface area (Å²) in [4.78, 5) is 31.1. The fourth-order valence-electron chi connectivity index (χ4n) is 2.37. The second-order valence-corrected chi connectivity index (χ2v) is 5.78. The molecular weight excluding hydrogens is 362 g/mol. The van der Waals surface area contributed by atoms with Crippen molar-refractivity contribution in [1.82, 2.24) is 15.3 Å². The maximum atomic E-state index is 12.0. The Labute approximate surface area is 160 Å². The first kappa shape index (κ1) is 18.8. The summed E-state index contributed by atoms with van der Waals surface area (Å²) < 4.78 is 5.69. The van der Waals surface area contributed by atoms with Crippen molar-refractivity contribution in [3.8, 4) is 23.0 Å². The molecule has 0 spiro atoms. The predicted molar refractivity (Wildman–Crippen MR) is 99.9 cm³/mol. The van der Waals surface area contributed by atoms with E-state index in [1.807, 2.05) is 30.3 Å². The van der Waals surface area contributed by atoms with Crippen molar-refractivity contribution in [2.75, 3.05) is 6.54 Å². The molecule has 0 aliphatic carbocycles. The lowest BCUT2D eigenvalue weighted by molar-refractivity contribution is -0.135. The number of carboxylic acids is 1. The summed E-state index contributed by atoms with van der Waals surface area (Å²) in [5.41, 5.74) is 1.49. The van der Waals surface area contributed by atoms with Gasteiger partial charge in [0.2, 0.25) is 5.88 Å². The molecule has 2 heterocycles. The highest BCUT2D eigenvalue weighted by Gasteiger charge is 2.16. The van der Waals surface area contributed by atoms with Crippen LogP contribution in [-0.2, 0) is 11.4 Å². The Balaban J connectivity index is 1.78. The number of hydrogen-bond donors (Lipinski definition) is 3. The number of nitrogens with one attached hydrogen (secondary N) is 1. The molecule has 3 rings (SSSR count). The Bertz CT molecular complexity index is 992. The number of nitrogens with zero attached hydrogens (tertiary/aromatic N) is 2. The zero-order valence-corrected chi connectivity index (χ0v) is 14.7. The lowest BCUT2D eigenvalue weighted by Crippen LogP contribution is -2.30. The molecule has 0 fully saturated rings. The monoisotopic (exact) mass is 379 g/mol. The number of carboxylic acid groups (broad SMARTS) is 1. The molecule has 1 amide bonds. The van der Waals surface area contributed by atoms with E-state index in [2.05, 4.69) is 15.3 Å². The minimum Gasteiger partial charge on any atom is -0.505 e. The Kier molecular flexibility index (Phi) is 5.81. The molecule has 3 N–H and O–H groups in total. The van der Waals surface area contributed by atoms with Gasteiger partial charge in [0.25, 0.3) is 5.91 Å². The molecule has 0 saturated carbocycles. The summed E-state index contributed by atoms with van der Waals surface area (Å²) in [6.45, 7) is -0.228. The van der Waals surface area contributed by atoms with Crippen molar-refractivity contribution in [3.63, 3.8) is 0 Å². The van der Waals surface area contributed by atoms with Crippen LogP contribution in [0.5, 0.6) is 11.6 Å². The van der Waals surface area contributed by atoms with Gasteiger partial charge < -0.3 is 20.3 Å². The third kappa shape index (κ3) is 4.82. The van der Waals surface area contributed by atoms with Gasteiger partial charge in [0, 0.05) is 6.07 Å². The van der Waals surface area contributed by atoms with Crippen molar-refractivity contribution < 1.29 is 24.5 Å². The Morgan fingerprint density at radius 2 is 1.68 bits per heavy atom. The number of rotatable bonds is 7. The van der Waals surface area contributed by atoms with Crippen LogP contribution in [0.1, 0.15) is 16.1 Å². The zero-order chi connectivity index (χ0) is 19.9. The first-order chi connectivity index (χ1) is 13.5. The molecule has 0 radical (unpaired) electrons. The molecule has 2 aromatic heterocycles. The van der Waals surface area contributed by atoms with Gasteiger partial charge in [-0.3, -0.25) is 9.59 Å². The minimum atomic E-state index is -1.20. The molecule has 0 atom stereocenters. The van der Waals surface area contributed by atoms with Crippen molar-refractivity contribution in [3.05, 3.63) is 71.9 Å². The van der Waals surface area contributed by atoms with Gasteiger partial charge in [0.15, 0.2) is 5.69 Å². The van der Waals surface area contributed by atoms with E-state index in [1.165, 1.54) is 12.1 Å². The van der Waals surface area contributed by atoms with Crippen LogP contribution in [0, 0.1) is 0 Å². The van der Waals surface area contributed by atoms with Gasteiger partial charge in [-0.15, -0.1) is 0 Å². The van der Waals surface area contributed by atoms with Crippen LogP contribution in [0.15, 0.2) is 60.7 Å². The van der Waals surface area contributed by atoms with E-state index < -0.39 is 18.4 Å². The van der Waals surface area contributed by atoms with Crippen LogP contribution in [0.2, 0.25) is 0 Å². The number of pyridine rings is 2. The number of carbonyl (C=O) groups is 2. The molecule has 3 aromatic rings. The highest BCUT2D eigenvalue weighted by molar-refractivity contribution is 5.96. The standard InChI is InChI=1S/C20H17N3O5/c24-16-10-9-15(23-19(16)20(27)21-11-18(25)26)14-7-4-8-17(22-14)28-12-13-5-2-1-3-6-13/h1-10,24H,11-12H2,(H,21,27)(H,25,26). The molecule has 0 aliphatic rings. The number of ether oxygens (including phenoxy) is 1. The second kappa shape index (κ2) is 8.63. The average Bonchev–Trinajstić information content (AvgIpc) is 2.72. The molecule has 0 aliphatic heterocycles. The van der Waals surface area contributed by atoms with Gasteiger partial charge in [-0.25, -0.2) is 9.97 Å². The molecule has 0 unspecified atom stereocenters. The molecular formula is C20H17N3O5. The molecule has 28 heavy (non-hydrogen) atoms. The summed E-state index contributed by atoms with van der Waals surface area (Å²) in [6, 6.07) is 17.6. The zero-order valence-electron chi connectivity index (χ0n) is 14.7. The summed E-state index contributed by atoms with van der Waals surface area (Å²) in [5.74, 6) is -1.97. The lowest BCUT2D eigenvalue weighted by atomic mass is 10.2. The van der Waals surface area contributed by atoms with Gasteiger partial charge in [-0.1, -0.05) is 36.4 Å². The number of aliphatic carboxylic acids is 1. The maximum absolute atomic E-state index is 12.0. The lowest BCUT2D eigenvalue weighted by Gasteiger charge is -2.09. The number of hydrogen-bond acceptors (Lipinski definition) is 6. The van der Waals surface area contributed by atoms with E-state index in [0.29, 0.717) is 23.9 Å². The highest BCUT2D eigenvalue weighted by atomic mass is 16.5. The van der Waals surface area contributed by atoms with Gasteiger partial charge in [0.1, 0.15) is 18.9 Å². The fraction of sp³-hybridized carbons (Fsp3) is 0.100.